The highest BCUT2D eigenvalue weighted by Crippen LogP contribution is 2.35. The van der Waals surface area contributed by atoms with Gasteiger partial charge in [0.1, 0.15) is 17.3 Å². The molecule has 0 unspecified atom stereocenters. The summed E-state index contributed by atoms with van der Waals surface area (Å²) in [4.78, 5) is 17.0. The molecule has 0 N–H and O–H groups in total. The Morgan fingerprint density at radius 3 is 2.38 bits per heavy atom. The summed E-state index contributed by atoms with van der Waals surface area (Å²) in [6, 6.07) is 12.1. The minimum atomic E-state index is -0.536. The number of aromatic nitrogens is 1. The molecule has 0 aliphatic heterocycles. The number of anilines is 1. The van der Waals surface area contributed by atoms with Gasteiger partial charge in [-0.1, -0.05) is 17.3 Å². The highest BCUT2D eigenvalue weighted by atomic mass is 19.1. The van der Waals surface area contributed by atoms with Gasteiger partial charge in [-0.05, 0) is 69.0 Å². The molecule has 0 spiro atoms. The molecule has 1 heterocycles. The first-order valence-electron chi connectivity index (χ1n) is 11.0. The summed E-state index contributed by atoms with van der Waals surface area (Å²) in [5, 5.41) is 4.28. The molecule has 0 atom stereocenters. The number of hydrogen-bond acceptors (Lipinski definition) is 4. The van der Waals surface area contributed by atoms with Crippen LogP contribution in [0.5, 0.6) is 0 Å². The standard InChI is InChI=1S/C25H27F2N3O2/c1-3-29(4-2)25-21(23(28-32-25)18-11-13-19(26)14-12-18)16-30(15-17-9-10-17)24(31)20-7-5-6-8-22(20)27/h5-8,11-14,17H,3-4,9-10,15-16H2,1-2H3. The fourth-order valence-electron chi connectivity index (χ4n) is 3.86. The van der Waals surface area contributed by atoms with Crippen molar-refractivity contribution in [2.24, 2.45) is 5.92 Å². The van der Waals surface area contributed by atoms with Crippen LogP contribution in [0.15, 0.2) is 53.1 Å². The van der Waals surface area contributed by atoms with Gasteiger partial charge in [0.15, 0.2) is 0 Å². The lowest BCUT2D eigenvalue weighted by Crippen LogP contribution is -2.34. The molecule has 1 fully saturated rings. The van der Waals surface area contributed by atoms with E-state index in [0.717, 1.165) is 18.4 Å². The van der Waals surface area contributed by atoms with Crippen molar-refractivity contribution < 1.29 is 18.1 Å². The van der Waals surface area contributed by atoms with Crippen molar-refractivity contribution in [3.8, 4) is 11.3 Å². The number of carbonyl (C=O) groups is 1. The van der Waals surface area contributed by atoms with Crippen LogP contribution >= 0.6 is 0 Å². The van der Waals surface area contributed by atoms with Crippen molar-refractivity contribution in [3.05, 3.63) is 71.3 Å². The summed E-state index contributed by atoms with van der Waals surface area (Å²) in [6.45, 7) is 6.20. The normalized spacial score (nSPS) is 13.2. The van der Waals surface area contributed by atoms with E-state index in [-0.39, 0.29) is 23.8 Å². The number of nitrogens with zero attached hydrogens (tertiary/aromatic N) is 3. The third-order valence-corrected chi connectivity index (χ3v) is 5.85. The van der Waals surface area contributed by atoms with E-state index in [9.17, 15) is 13.6 Å². The van der Waals surface area contributed by atoms with Crippen LogP contribution < -0.4 is 4.90 Å². The maximum atomic E-state index is 14.4. The van der Waals surface area contributed by atoms with E-state index in [1.54, 1.807) is 29.2 Å². The summed E-state index contributed by atoms with van der Waals surface area (Å²) in [5.41, 5.74) is 2.06. The molecule has 4 rings (SSSR count). The zero-order valence-corrected chi connectivity index (χ0v) is 18.4. The molecule has 3 aromatic rings. The highest BCUT2D eigenvalue weighted by Gasteiger charge is 2.31. The lowest BCUT2D eigenvalue weighted by Gasteiger charge is -2.25. The molecule has 0 saturated heterocycles. The van der Waals surface area contributed by atoms with E-state index in [1.165, 1.54) is 24.3 Å². The maximum absolute atomic E-state index is 14.4. The van der Waals surface area contributed by atoms with Crippen LogP contribution in [0.2, 0.25) is 0 Å². The van der Waals surface area contributed by atoms with Gasteiger partial charge < -0.3 is 14.3 Å². The van der Waals surface area contributed by atoms with Crippen LogP contribution in [-0.4, -0.2) is 35.6 Å². The lowest BCUT2D eigenvalue weighted by molar-refractivity contribution is 0.0730. The number of halogens is 2. The second kappa shape index (κ2) is 9.51. The second-order valence-corrected chi connectivity index (χ2v) is 8.10. The summed E-state index contributed by atoms with van der Waals surface area (Å²) in [5.74, 6) is -0.237. The summed E-state index contributed by atoms with van der Waals surface area (Å²) in [6.07, 6.45) is 2.11. The molecule has 5 nitrogen and oxygen atoms in total. The van der Waals surface area contributed by atoms with Crippen molar-refractivity contribution in [2.45, 2.75) is 33.2 Å². The fourth-order valence-corrected chi connectivity index (χ4v) is 3.86. The third kappa shape index (κ3) is 4.66. The Bertz CT molecular complexity index is 1070. The molecule has 0 radical (unpaired) electrons. The van der Waals surface area contributed by atoms with Gasteiger partial charge in [-0.25, -0.2) is 8.78 Å². The van der Waals surface area contributed by atoms with Crippen molar-refractivity contribution in [1.29, 1.82) is 0 Å². The minimum Gasteiger partial charge on any atom is -0.341 e. The van der Waals surface area contributed by atoms with Gasteiger partial charge in [0.05, 0.1) is 17.7 Å². The number of amides is 1. The molecule has 32 heavy (non-hydrogen) atoms. The number of carbonyl (C=O) groups excluding carboxylic acids is 1. The van der Waals surface area contributed by atoms with Crippen LogP contribution in [0.4, 0.5) is 14.7 Å². The molecule has 7 heteroatoms. The molecule has 1 aromatic heterocycles. The van der Waals surface area contributed by atoms with E-state index in [2.05, 4.69) is 5.16 Å². The Morgan fingerprint density at radius 1 is 1.06 bits per heavy atom. The molecule has 168 valence electrons. The Balaban J connectivity index is 1.74. The Hall–Kier alpha value is -3.22. The zero-order valence-electron chi connectivity index (χ0n) is 18.4. The van der Waals surface area contributed by atoms with Gasteiger partial charge in [0.2, 0.25) is 5.88 Å². The predicted octanol–water partition coefficient (Wildman–Crippen LogP) is 5.52. The lowest BCUT2D eigenvalue weighted by atomic mass is 10.1. The largest absolute Gasteiger partial charge is 0.341 e. The Morgan fingerprint density at radius 2 is 1.75 bits per heavy atom. The first-order chi connectivity index (χ1) is 15.5. The molecule has 1 aliphatic rings. The van der Waals surface area contributed by atoms with Gasteiger partial charge in [0.25, 0.3) is 5.91 Å². The van der Waals surface area contributed by atoms with Gasteiger partial charge in [0, 0.05) is 25.2 Å². The molecule has 2 aromatic carbocycles. The van der Waals surface area contributed by atoms with Crippen molar-refractivity contribution >= 4 is 11.8 Å². The molecule has 1 amide bonds. The van der Waals surface area contributed by atoms with Gasteiger partial charge >= 0.3 is 0 Å². The van der Waals surface area contributed by atoms with Crippen molar-refractivity contribution in [1.82, 2.24) is 10.1 Å². The quantitative estimate of drug-likeness (QED) is 0.441. The fraction of sp³-hybridized carbons (Fsp3) is 0.360. The minimum absolute atomic E-state index is 0.0531. The highest BCUT2D eigenvalue weighted by molar-refractivity contribution is 5.94. The van der Waals surface area contributed by atoms with Gasteiger partial charge in [-0.15, -0.1) is 0 Å². The first kappa shape index (κ1) is 22.0. The number of benzene rings is 2. The predicted molar refractivity (Wildman–Crippen MR) is 119 cm³/mol. The average Bonchev–Trinajstić information content (AvgIpc) is 3.53. The average molecular weight is 440 g/mol. The summed E-state index contributed by atoms with van der Waals surface area (Å²) >= 11 is 0. The first-order valence-corrected chi connectivity index (χ1v) is 11.0. The zero-order chi connectivity index (χ0) is 22.7. The molecular weight excluding hydrogens is 412 g/mol. The van der Waals surface area contributed by atoms with Gasteiger partial charge in [-0.2, -0.15) is 0 Å². The molecule has 1 saturated carbocycles. The number of rotatable bonds is 9. The van der Waals surface area contributed by atoms with Crippen molar-refractivity contribution in [2.75, 3.05) is 24.5 Å². The third-order valence-electron chi connectivity index (χ3n) is 5.85. The summed E-state index contributed by atoms with van der Waals surface area (Å²) in [7, 11) is 0. The van der Waals surface area contributed by atoms with E-state index in [0.29, 0.717) is 42.7 Å². The smallest absolute Gasteiger partial charge is 0.257 e. The molecule has 1 aliphatic carbocycles. The second-order valence-electron chi connectivity index (χ2n) is 8.10. The van der Waals surface area contributed by atoms with Crippen LogP contribution in [0.1, 0.15) is 42.6 Å². The topological polar surface area (TPSA) is 49.6 Å². The van der Waals surface area contributed by atoms with Crippen LogP contribution in [0.3, 0.4) is 0 Å². The Labute approximate surface area is 186 Å². The van der Waals surface area contributed by atoms with E-state index in [1.807, 2.05) is 18.7 Å². The molecule has 0 bridgehead atoms. The maximum Gasteiger partial charge on any atom is 0.257 e. The van der Waals surface area contributed by atoms with Crippen molar-refractivity contribution in [3.63, 3.8) is 0 Å². The van der Waals surface area contributed by atoms with Gasteiger partial charge in [-0.3, -0.25) is 4.79 Å². The van der Waals surface area contributed by atoms with Crippen LogP contribution in [-0.2, 0) is 6.54 Å². The van der Waals surface area contributed by atoms with E-state index >= 15 is 0 Å². The van der Waals surface area contributed by atoms with Crippen LogP contribution in [0, 0.1) is 17.6 Å². The number of hydrogen-bond donors (Lipinski definition) is 0. The van der Waals surface area contributed by atoms with E-state index < -0.39 is 5.82 Å². The van der Waals surface area contributed by atoms with Crippen LogP contribution in [0.25, 0.3) is 11.3 Å². The monoisotopic (exact) mass is 439 g/mol. The Kier molecular flexibility index (Phi) is 6.53. The SMILES string of the molecule is CCN(CC)c1onc(-c2ccc(F)cc2)c1CN(CC1CC1)C(=O)c1ccccc1F. The summed E-state index contributed by atoms with van der Waals surface area (Å²) < 4.78 is 33.6. The molecular formula is C25H27F2N3O2. The van der Waals surface area contributed by atoms with E-state index in [4.69, 9.17) is 4.52 Å².